The van der Waals surface area contributed by atoms with Gasteiger partial charge in [-0.25, -0.2) is 4.39 Å². The van der Waals surface area contributed by atoms with E-state index in [0.29, 0.717) is 12.2 Å². The van der Waals surface area contributed by atoms with Crippen molar-refractivity contribution in [3.8, 4) is 0 Å². The quantitative estimate of drug-likeness (QED) is 0.472. The maximum absolute atomic E-state index is 13.0. The first-order valence-corrected chi connectivity index (χ1v) is 5.48. The van der Waals surface area contributed by atoms with Gasteiger partial charge in [0.05, 0.1) is 23.5 Å². The molecular formula is C11H12FNO3S. The third kappa shape index (κ3) is 3.20. The van der Waals surface area contributed by atoms with Crippen molar-refractivity contribution in [2.75, 3.05) is 6.61 Å². The molecule has 0 aliphatic carbocycles. The lowest BCUT2D eigenvalue weighted by Crippen LogP contribution is -2.12. The third-order valence-corrected chi connectivity index (χ3v) is 2.77. The van der Waals surface area contributed by atoms with E-state index in [1.807, 2.05) is 0 Å². The second-order valence-corrected chi connectivity index (χ2v) is 3.84. The molecule has 0 radical (unpaired) electrons. The van der Waals surface area contributed by atoms with Crippen LogP contribution in [-0.2, 0) is 4.74 Å². The summed E-state index contributed by atoms with van der Waals surface area (Å²) < 4.78 is 18.1. The number of nitro benzene ring substituents is 1. The lowest BCUT2D eigenvalue weighted by molar-refractivity contribution is -0.385. The minimum Gasteiger partial charge on any atom is -0.487 e. The van der Waals surface area contributed by atoms with Crippen LogP contribution in [0.5, 0.6) is 0 Å². The van der Waals surface area contributed by atoms with Crippen LogP contribution in [0.1, 0.15) is 25.3 Å². The van der Waals surface area contributed by atoms with Gasteiger partial charge >= 0.3 is 0 Å². The van der Waals surface area contributed by atoms with Gasteiger partial charge in [-0.2, -0.15) is 0 Å². The fourth-order valence-corrected chi connectivity index (χ4v) is 1.68. The molecule has 1 aromatic rings. The van der Waals surface area contributed by atoms with Gasteiger partial charge in [-0.05, 0) is 31.3 Å². The zero-order chi connectivity index (χ0) is 13.0. The van der Waals surface area contributed by atoms with Crippen molar-refractivity contribution >= 4 is 23.0 Å². The van der Waals surface area contributed by atoms with Gasteiger partial charge in [-0.1, -0.05) is 6.92 Å². The van der Waals surface area contributed by atoms with Crippen molar-refractivity contribution in [2.24, 2.45) is 0 Å². The number of nitrogens with zero attached hydrogens (tertiary/aromatic N) is 1. The summed E-state index contributed by atoms with van der Waals surface area (Å²) in [5, 5.41) is 11.1. The van der Waals surface area contributed by atoms with E-state index < -0.39 is 16.7 Å². The highest BCUT2D eigenvalue weighted by Crippen LogP contribution is 2.28. The first-order valence-electron chi connectivity index (χ1n) is 5.07. The monoisotopic (exact) mass is 257 g/mol. The van der Waals surface area contributed by atoms with Gasteiger partial charge in [-0.15, -0.1) is 0 Å². The Hall–Kier alpha value is -1.56. The average molecular weight is 257 g/mol. The van der Waals surface area contributed by atoms with Crippen LogP contribution in [0.4, 0.5) is 10.1 Å². The SMILES string of the molecule is CCOC(=S)C(C)c1ccc(F)cc1[N+](=O)[O-]. The van der Waals surface area contributed by atoms with Gasteiger partial charge in [0.2, 0.25) is 0 Å². The van der Waals surface area contributed by atoms with Crippen molar-refractivity contribution < 1.29 is 14.1 Å². The number of rotatable bonds is 4. The fraction of sp³-hybridized carbons (Fsp3) is 0.364. The molecule has 0 aliphatic heterocycles. The topological polar surface area (TPSA) is 52.4 Å². The van der Waals surface area contributed by atoms with Gasteiger partial charge in [0.25, 0.3) is 5.69 Å². The van der Waals surface area contributed by atoms with Crippen LogP contribution >= 0.6 is 12.2 Å². The molecule has 6 heteroatoms. The molecule has 0 aromatic heterocycles. The van der Waals surface area contributed by atoms with E-state index in [2.05, 4.69) is 0 Å². The number of ether oxygens (including phenoxy) is 1. The van der Waals surface area contributed by atoms with Crippen LogP contribution in [-0.4, -0.2) is 16.6 Å². The molecule has 1 rings (SSSR count). The Morgan fingerprint density at radius 1 is 1.65 bits per heavy atom. The largest absolute Gasteiger partial charge is 0.487 e. The molecule has 0 amide bonds. The lowest BCUT2D eigenvalue weighted by Gasteiger charge is -2.13. The maximum Gasteiger partial charge on any atom is 0.276 e. The van der Waals surface area contributed by atoms with Gasteiger partial charge in [0.15, 0.2) is 5.05 Å². The molecule has 1 unspecified atom stereocenters. The fourth-order valence-electron chi connectivity index (χ4n) is 1.44. The Labute approximate surface area is 104 Å². The van der Waals surface area contributed by atoms with Crippen LogP contribution in [0.25, 0.3) is 0 Å². The van der Waals surface area contributed by atoms with Crippen LogP contribution in [0.15, 0.2) is 18.2 Å². The molecule has 4 nitrogen and oxygen atoms in total. The van der Waals surface area contributed by atoms with E-state index in [4.69, 9.17) is 17.0 Å². The smallest absolute Gasteiger partial charge is 0.276 e. The summed E-state index contributed by atoms with van der Waals surface area (Å²) in [6.07, 6.45) is 0. The highest BCUT2D eigenvalue weighted by atomic mass is 32.1. The summed E-state index contributed by atoms with van der Waals surface area (Å²) in [6, 6.07) is 3.43. The summed E-state index contributed by atoms with van der Waals surface area (Å²) in [4.78, 5) is 10.2. The number of thiocarbonyl (C=S) groups is 1. The Balaban J connectivity index is 3.12. The molecule has 0 spiro atoms. The average Bonchev–Trinajstić information content (AvgIpc) is 2.28. The minimum atomic E-state index is -0.644. The summed E-state index contributed by atoms with van der Waals surface area (Å²) in [5.74, 6) is -1.07. The molecule has 0 saturated carbocycles. The number of benzene rings is 1. The Kier molecular flexibility index (Phi) is 4.51. The van der Waals surface area contributed by atoms with E-state index in [1.54, 1.807) is 13.8 Å². The number of nitro groups is 1. The lowest BCUT2D eigenvalue weighted by atomic mass is 10.00. The predicted octanol–water partition coefficient (Wildman–Crippen LogP) is 3.20. The van der Waals surface area contributed by atoms with Gasteiger partial charge < -0.3 is 4.74 Å². The second kappa shape index (κ2) is 5.67. The van der Waals surface area contributed by atoms with Crippen LogP contribution in [0, 0.1) is 15.9 Å². The van der Waals surface area contributed by atoms with E-state index in [9.17, 15) is 14.5 Å². The standard InChI is InChI=1S/C11H12FNO3S/c1-3-16-11(17)7(2)9-5-4-8(12)6-10(9)13(14)15/h4-7H,3H2,1-2H3. The maximum atomic E-state index is 13.0. The zero-order valence-electron chi connectivity index (χ0n) is 9.47. The molecule has 0 aliphatic rings. The number of hydrogen-bond donors (Lipinski definition) is 0. The molecule has 1 atom stereocenters. The van der Waals surface area contributed by atoms with Gasteiger partial charge in [-0.3, -0.25) is 10.1 Å². The van der Waals surface area contributed by atoms with Crippen molar-refractivity contribution in [3.05, 3.63) is 39.7 Å². The Bertz CT molecular complexity index is 450. The molecule has 0 N–H and O–H groups in total. The highest BCUT2D eigenvalue weighted by molar-refractivity contribution is 7.80. The van der Waals surface area contributed by atoms with E-state index in [1.165, 1.54) is 12.1 Å². The predicted molar refractivity (Wildman–Crippen MR) is 65.7 cm³/mol. The zero-order valence-corrected chi connectivity index (χ0v) is 10.3. The number of hydrogen-bond acceptors (Lipinski definition) is 4. The van der Waals surface area contributed by atoms with Gasteiger partial charge in [0, 0.05) is 5.56 Å². The molecule has 92 valence electrons. The van der Waals surface area contributed by atoms with Crippen LogP contribution in [0.2, 0.25) is 0 Å². The third-order valence-electron chi connectivity index (χ3n) is 2.30. The van der Waals surface area contributed by atoms with Crippen molar-refractivity contribution in [1.29, 1.82) is 0 Å². The molecule has 0 bridgehead atoms. The number of halogens is 1. The van der Waals surface area contributed by atoms with E-state index >= 15 is 0 Å². The second-order valence-electron chi connectivity index (χ2n) is 3.43. The minimum absolute atomic E-state index is 0.266. The summed E-state index contributed by atoms with van der Waals surface area (Å²) in [5.41, 5.74) is 0.0782. The molecule has 1 aromatic carbocycles. The highest BCUT2D eigenvalue weighted by Gasteiger charge is 2.23. The van der Waals surface area contributed by atoms with E-state index in [0.717, 1.165) is 6.07 Å². The normalized spacial score (nSPS) is 11.9. The first kappa shape index (κ1) is 13.5. The molecule has 0 fully saturated rings. The molecule has 0 heterocycles. The summed E-state index contributed by atoms with van der Waals surface area (Å²) >= 11 is 5.00. The molecule has 0 saturated heterocycles. The Morgan fingerprint density at radius 2 is 2.29 bits per heavy atom. The van der Waals surface area contributed by atoms with Gasteiger partial charge in [0.1, 0.15) is 5.82 Å². The van der Waals surface area contributed by atoms with E-state index in [-0.39, 0.29) is 10.7 Å². The van der Waals surface area contributed by atoms with Crippen molar-refractivity contribution in [1.82, 2.24) is 0 Å². The van der Waals surface area contributed by atoms with Crippen LogP contribution in [0.3, 0.4) is 0 Å². The molecular weight excluding hydrogens is 245 g/mol. The first-order chi connectivity index (χ1) is 7.97. The Morgan fingerprint density at radius 3 is 2.82 bits per heavy atom. The molecule has 17 heavy (non-hydrogen) atoms. The van der Waals surface area contributed by atoms with Crippen LogP contribution < -0.4 is 0 Å². The summed E-state index contributed by atoms with van der Waals surface area (Å²) in [7, 11) is 0. The summed E-state index contributed by atoms with van der Waals surface area (Å²) in [6.45, 7) is 3.87. The van der Waals surface area contributed by atoms with Crippen molar-refractivity contribution in [3.63, 3.8) is 0 Å². The van der Waals surface area contributed by atoms with Crippen molar-refractivity contribution in [2.45, 2.75) is 19.8 Å².